The molecule has 1 amide bonds. The fourth-order valence-corrected chi connectivity index (χ4v) is 3.55. The van der Waals surface area contributed by atoms with Gasteiger partial charge in [-0.25, -0.2) is 5.06 Å². The van der Waals surface area contributed by atoms with Crippen LogP contribution in [0.25, 0.3) is 5.65 Å². The summed E-state index contributed by atoms with van der Waals surface area (Å²) >= 11 is 0. The molecular weight excluding hydrogens is 336 g/mol. The van der Waals surface area contributed by atoms with Crippen molar-refractivity contribution in [3.05, 3.63) is 36.4 Å². The average molecular weight is 354 g/mol. The van der Waals surface area contributed by atoms with Gasteiger partial charge >= 0.3 is 0 Å². The van der Waals surface area contributed by atoms with E-state index in [2.05, 4.69) is 25.3 Å². The summed E-state index contributed by atoms with van der Waals surface area (Å²) < 4.78 is 3.60. The lowest BCUT2D eigenvalue weighted by molar-refractivity contribution is -0.169. The number of nitrogens with zero attached hydrogens (tertiary/aromatic N) is 8. The zero-order chi connectivity index (χ0) is 17.5. The minimum absolute atomic E-state index is 0.00183. The predicted molar refractivity (Wildman–Crippen MR) is 90.0 cm³/mol. The van der Waals surface area contributed by atoms with Crippen molar-refractivity contribution >= 4 is 17.4 Å². The number of fused-ring (bicyclic) bond motifs is 2. The van der Waals surface area contributed by atoms with Crippen molar-refractivity contribution in [1.82, 2.24) is 34.7 Å². The first-order valence-electron chi connectivity index (χ1n) is 8.65. The number of carbonyl (C=O) groups is 1. The van der Waals surface area contributed by atoms with Crippen molar-refractivity contribution in [2.75, 3.05) is 24.6 Å². The van der Waals surface area contributed by atoms with E-state index >= 15 is 0 Å². The van der Waals surface area contributed by atoms with Crippen LogP contribution in [0.5, 0.6) is 0 Å². The van der Waals surface area contributed by atoms with Gasteiger partial charge in [0.15, 0.2) is 5.65 Å². The Kier molecular flexibility index (Phi) is 3.56. The first kappa shape index (κ1) is 15.3. The number of hydrogen-bond donors (Lipinski definition) is 0. The zero-order valence-corrected chi connectivity index (χ0v) is 14.1. The lowest BCUT2D eigenvalue weighted by Gasteiger charge is -2.34. The van der Waals surface area contributed by atoms with E-state index < -0.39 is 0 Å². The smallest absolute Gasteiger partial charge is 0.248 e. The minimum Gasteiger partial charge on any atom is -0.347 e. The van der Waals surface area contributed by atoms with E-state index in [4.69, 9.17) is 4.84 Å². The van der Waals surface area contributed by atoms with E-state index in [-0.39, 0.29) is 11.9 Å². The summed E-state index contributed by atoms with van der Waals surface area (Å²) in [7, 11) is 0. The Bertz CT molecular complexity index is 945. The molecule has 1 fully saturated rings. The molecule has 10 heteroatoms. The Balaban J connectivity index is 1.41. The van der Waals surface area contributed by atoms with Crippen molar-refractivity contribution in [1.29, 1.82) is 0 Å². The maximum absolute atomic E-state index is 12.5. The molecule has 1 unspecified atom stereocenters. The van der Waals surface area contributed by atoms with Crippen LogP contribution in [0.4, 0.5) is 5.82 Å². The average Bonchev–Trinajstić information content (AvgIpc) is 3.40. The Morgan fingerprint density at radius 2 is 2.27 bits per heavy atom. The molecule has 3 aromatic rings. The molecule has 5 rings (SSSR count). The van der Waals surface area contributed by atoms with Crippen molar-refractivity contribution in [2.45, 2.75) is 25.4 Å². The molecular formula is C16H18N8O2. The van der Waals surface area contributed by atoms with Crippen LogP contribution in [0.2, 0.25) is 0 Å². The Labute approximate surface area is 148 Å². The summed E-state index contributed by atoms with van der Waals surface area (Å²) in [5.41, 5.74) is 1.76. The monoisotopic (exact) mass is 354 g/mol. The molecule has 0 spiro atoms. The zero-order valence-electron chi connectivity index (χ0n) is 14.1. The lowest BCUT2D eigenvalue weighted by atomic mass is 10.1. The van der Waals surface area contributed by atoms with Gasteiger partial charge in [0.25, 0.3) is 0 Å². The fraction of sp³-hybridized carbons (Fsp3) is 0.438. The van der Waals surface area contributed by atoms with Crippen LogP contribution in [-0.4, -0.2) is 60.3 Å². The van der Waals surface area contributed by atoms with Crippen LogP contribution in [0.3, 0.4) is 0 Å². The van der Waals surface area contributed by atoms with E-state index in [1.54, 1.807) is 17.0 Å². The highest BCUT2D eigenvalue weighted by Crippen LogP contribution is 2.27. The molecule has 26 heavy (non-hydrogen) atoms. The Hall–Kier alpha value is -3.01. The molecule has 1 saturated heterocycles. The minimum atomic E-state index is -0.0659. The number of carbonyl (C=O) groups excluding carboxylic acids is 1. The van der Waals surface area contributed by atoms with Crippen LogP contribution >= 0.6 is 0 Å². The van der Waals surface area contributed by atoms with Gasteiger partial charge in [0.2, 0.25) is 5.91 Å². The summed E-state index contributed by atoms with van der Waals surface area (Å²) in [6.07, 6.45) is 4.59. The van der Waals surface area contributed by atoms with E-state index in [1.807, 2.05) is 22.9 Å². The Morgan fingerprint density at radius 1 is 1.31 bits per heavy atom. The maximum Gasteiger partial charge on any atom is 0.248 e. The molecule has 1 atom stereocenters. The molecule has 134 valence electrons. The largest absolute Gasteiger partial charge is 0.347 e. The summed E-state index contributed by atoms with van der Waals surface area (Å²) in [5, 5.41) is 18.3. The Morgan fingerprint density at radius 3 is 3.15 bits per heavy atom. The molecule has 0 N–H and O–H groups in total. The van der Waals surface area contributed by atoms with Crippen LogP contribution in [0.1, 0.15) is 24.6 Å². The molecule has 2 aliphatic rings. The fourth-order valence-electron chi connectivity index (χ4n) is 3.55. The van der Waals surface area contributed by atoms with E-state index in [0.29, 0.717) is 38.3 Å². The molecule has 5 heterocycles. The second kappa shape index (κ2) is 6.06. The highest BCUT2D eigenvalue weighted by molar-refractivity contribution is 5.75. The quantitative estimate of drug-likeness (QED) is 0.673. The first-order valence-corrected chi connectivity index (χ1v) is 8.65. The summed E-state index contributed by atoms with van der Waals surface area (Å²) in [6, 6.07) is 5.73. The summed E-state index contributed by atoms with van der Waals surface area (Å²) in [5.74, 6) is 0.817. The second-order valence-corrected chi connectivity index (χ2v) is 6.51. The van der Waals surface area contributed by atoms with Gasteiger partial charge in [-0.1, -0.05) is 0 Å². The lowest BCUT2D eigenvalue weighted by Crippen LogP contribution is -2.41. The predicted octanol–water partition coefficient (Wildman–Crippen LogP) is 0.436. The molecule has 10 nitrogen and oxygen atoms in total. The van der Waals surface area contributed by atoms with Gasteiger partial charge in [-0.05, 0) is 24.6 Å². The normalized spacial score (nSPS) is 19.9. The highest BCUT2D eigenvalue weighted by Gasteiger charge is 2.31. The molecule has 2 aliphatic heterocycles. The van der Waals surface area contributed by atoms with E-state index in [1.165, 1.54) is 5.06 Å². The van der Waals surface area contributed by atoms with Crippen molar-refractivity contribution in [2.24, 2.45) is 0 Å². The van der Waals surface area contributed by atoms with Gasteiger partial charge in [0.05, 0.1) is 37.9 Å². The number of anilines is 1. The third-order valence-electron chi connectivity index (χ3n) is 4.79. The molecule has 3 aromatic heterocycles. The summed E-state index contributed by atoms with van der Waals surface area (Å²) in [4.78, 5) is 20.1. The molecule has 0 bridgehead atoms. The molecule has 0 aromatic carbocycles. The third-order valence-corrected chi connectivity index (χ3v) is 4.79. The molecule has 0 aliphatic carbocycles. The first-order chi connectivity index (χ1) is 12.8. The standard InChI is InChI=1S/C16H18N8O2/c25-16(23-6-1-7-26-23)8-13-10-21(9-12-4-5-18-24(12)13)15-3-2-14-19-17-11-22(14)20-15/h2-5,11,13H,1,6-10H2. The van der Waals surface area contributed by atoms with Crippen LogP contribution < -0.4 is 4.90 Å². The number of rotatable bonds is 3. The number of hydrogen-bond acceptors (Lipinski definition) is 7. The van der Waals surface area contributed by atoms with Crippen molar-refractivity contribution in [3.8, 4) is 0 Å². The highest BCUT2D eigenvalue weighted by atomic mass is 16.7. The van der Waals surface area contributed by atoms with Gasteiger partial charge < -0.3 is 4.90 Å². The molecule has 0 saturated carbocycles. The van der Waals surface area contributed by atoms with Crippen LogP contribution in [-0.2, 0) is 16.2 Å². The van der Waals surface area contributed by atoms with Gasteiger partial charge in [0.1, 0.15) is 12.1 Å². The number of aromatic nitrogens is 6. The van der Waals surface area contributed by atoms with Crippen LogP contribution in [0.15, 0.2) is 30.7 Å². The maximum atomic E-state index is 12.5. The summed E-state index contributed by atoms with van der Waals surface area (Å²) in [6.45, 7) is 2.60. The van der Waals surface area contributed by atoms with Gasteiger partial charge in [-0.15, -0.1) is 15.3 Å². The van der Waals surface area contributed by atoms with Gasteiger partial charge in [0, 0.05) is 12.7 Å². The van der Waals surface area contributed by atoms with Crippen molar-refractivity contribution < 1.29 is 9.63 Å². The SMILES string of the molecule is O=C(CC1CN(c2ccc3nncn3n2)Cc2ccnn21)N1CCCO1. The van der Waals surface area contributed by atoms with E-state index in [0.717, 1.165) is 17.9 Å². The number of amides is 1. The molecule has 0 radical (unpaired) electrons. The number of hydroxylamine groups is 2. The second-order valence-electron chi connectivity index (χ2n) is 6.51. The van der Waals surface area contributed by atoms with Crippen LogP contribution in [0, 0.1) is 0 Å². The van der Waals surface area contributed by atoms with Gasteiger partial charge in [-0.3, -0.25) is 14.3 Å². The topological polar surface area (TPSA) is 93.7 Å². The van der Waals surface area contributed by atoms with Gasteiger partial charge in [-0.2, -0.15) is 9.61 Å². The third kappa shape index (κ3) is 2.58. The van der Waals surface area contributed by atoms with Crippen molar-refractivity contribution in [3.63, 3.8) is 0 Å². The van der Waals surface area contributed by atoms with E-state index in [9.17, 15) is 4.79 Å².